The predicted molar refractivity (Wildman–Crippen MR) is 120 cm³/mol. The topological polar surface area (TPSA) is 73.0 Å². The zero-order chi connectivity index (χ0) is 24.1. The lowest BCUT2D eigenvalue weighted by Crippen LogP contribution is -2.39. The molecule has 11 heteroatoms. The first-order chi connectivity index (χ1) is 15.6. The molecule has 3 rings (SSSR count). The van der Waals surface area contributed by atoms with Crippen LogP contribution in [0.4, 0.5) is 18.9 Å². The molecule has 33 heavy (non-hydrogen) atoms. The van der Waals surface area contributed by atoms with E-state index in [0.717, 1.165) is 32.1 Å². The maximum Gasteiger partial charge on any atom is 0.401 e. The van der Waals surface area contributed by atoms with Crippen molar-refractivity contribution >= 4 is 21.6 Å². The van der Waals surface area contributed by atoms with E-state index in [1.165, 1.54) is 15.3 Å². The number of amides is 1. The van der Waals surface area contributed by atoms with E-state index in [1.807, 2.05) is 0 Å². The number of para-hydroxylation sites is 1. The van der Waals surface area contributed by atoms with Crippen LogP contribution >= 0.6 is 0 Å². The van der Waals surface area contributed by atoms with Crippen LogP contribution in [-0.4, -0.2) is 87.0 Å². The van der Waals surface area contributed by atoms with Crippen LogP contribution in [0.15, 0.2) is 29.2 Å². The maximum atomic E-state index is 13.3. The molecular weight excluding hydrogens is 457 g/mol. The smallest absolute Gasteiger partial charge is 0.324 e. The third-order valence-electron chi connectivity index (χ3n) is 6.36. The lowest BCUT2D eigenvalue weighted by molar-refractivity contribution is -0.145. The number of halogens is 3. The fourth-order valence-electron chi connectivity index (χ4n) is 4.58. The Balaban J connectivity index is 1.63. The highest BCUT2D eigenvalue weighted by Gasteiger charge is 2.32. The van der Waals surface area contributed by atoms with Gasteiger partial charge in [0, 0.05) is 26.2 Å². The van der Waals surface area contributed by atoms with Crippen LogP contribution in [0.1, 0.15) is 38.5 Å². The van der Waals surface area contributed by atoms with Gasteiger partial charge >= 0.3 is 6.18 Å². The molecule has 2 fully saturated rings. The van der Waals surface area contributed by atoms with E-state index in [2.05, 4.69) is 5.32 Å². The second kappa shape index (κ2) is 11.2. The molecule has 0 bridgehead atoms. The molecule has 2 aliphatic rings. The van der Waals surface area contributed by atoms with E-state index in [0.29, 0.717) is 26.1 Å². The van der Waals surface area contributed by atoms with Crippen LogP contribution in [0.5, 0.6) is 0 Å². The number of hydrogen-bond acceptors (Lipinski definition) is 5. The Morgan fingerprint density at radius 3 is 2.36 bits per heavy atom. The molecule has 1 heterocycles. The van der Waals surface area contributed by atoms with Gasteiger partial charge in [0.25, 0.3) is 0 Å². The zero-order valence-electron chi connectivity index (χ0n) is 19.0. The van der Waals surface area contributed by atoms with Crippen LogP contribution in [0.3, 0.4) is 0 Å². The molecule has 1 aliphatic heterocycles. The molecule has 1 N–H and O–H groups in total. The summed E-state index contributed by atoms with van der Waals surface area (Å²) in [5, 5.41) is 2.71. The second-order valence-electron chi connectivity index (χ2n) is 8.88. The third kappa shape index (κ3) is 7.40. The van der Waals surface area contributed by atoms with Gasteiger partial charge in [-0.15, -0.1) is 0 Å². The number of carbonyl (C=O) groups is 1. The molecule has 1 saturated carbocycles. The first-order valence-electron chi connectivity index (χ1n) is 11.4. The van der Waals surface area contributed by atoms with Crippen LogP contribution in [-0.2, 0) is 14.8 Å². The molecule has 1 aromatic carbocycles. The van der Waals surface area contributed by atoms with E-state index < -0.39 is 22.7 Å². The van der Waals surface area contributed by atoms with Crippen LogP contribution < -0.4 is 5.32 Å². The van der Waals surface area contributed by atoms with E-state index in [9.17, 15) is 26.4 Å². The van der Waals surface area contributed by atoms with Crippen molar-refractivity contribution < 1.29 is 26.4 Å². The molecule has 7 nitrogen and oxygen atoms in total. The number of carbonyl (C=O) groups excluding carboxylic acids is 1. The van der Waals surface area contributed by atoms with Gasteiger partial charge in [-0.05, 0) is 44.5 Å². The minimum absolute atomic E-state index is 0.00724. The molecule has 0 atom stereocenters. The number of anilines is 1. The molecule has 0 unspecified atom stereocenters. The van der Waals surface area contributed by atoms with Gasteiger partial charge in [-0.1, -0.05) is 31.4 Å². The summed E-state index contributed by atoms with van der Waals surface area (Å²) in [5.74, 6) is -0.387. The maximum absolute atomic E-state index is 13.3. The lowest BCUT2D eigenvalue weighted by Gasteiger charge is -2.31. The molecule has 1 amide bonds. The van der Waals surface area contributed by atoms with E-state index >= 15 is 0 Å². The Labute approximate surface area is 194 Å². The van der Waals surface area contributed by atoms with Crippen LogP contribution in [0.2, 0.25) is 0 Å². The Kier molecular flexibility index (Phi) is 8.76. The lowest BCUT2D eigenvalue weighted by atomic mass is 9.96. The Morgan fingerprint density at radius 1 is 1.03 bits per heavy atom. The molecule has 1 aromatic rings. The summed E-state index contributed by atoms with van der Waals surface area (Å²) in [6, 6.07) is 6.29. The van der Waals surface area contributed by atoms with E-state index in [4.69, 9.17) is 0 Å². The quantitative estimate of drug-likeness (QED) is 0.636. The van der Waals surface area contributed by atoms with Crippen LogP contribution in [0.25, 0.3) is 0 Å². The highest BCUT2D eigenvalue weighted by molar-refractivity contribution is 7.89. The molecule has 1 aliphatic carbocycles. The Bertz CT molecular complexity index is 904. The second-order valence-corrected chi connectivity index (χ2v) is 10.8. The molecule has 1 saturated heterocycles. The first-order valence-corrected chi connectivity index (χ1v) is 12.9. The summed E-state index contributed by atoms with van der Waals surface area (Å²) < 4.78 is 66.0. The average molecular weight is 491 g/mol. The Hall–Kier alpha value is -1.69. The van der Waals surface area contributed by atoms with Crippen molar-refractivity contribution in [3.63, 3.8) is 0 Å². The predicted octanol–water partition coefficient (Wildman–Crippen LogP) is 3.15. The fourth-order valence-corrected chi connectivity index (χ4v) is 6.14. The number of sulfonamides is 1. The first kappa shape index (κ1) is 25.9. The number of rotatable bonds is 7. The Morgan fingerprint density at radius 2 is 1.67 bits per heavy atom. The SMILES string of the molecule is CN(C1CCCCC1)S(=O)(=O)c1ccccc1NC(=O)CN1CCCN(CC(F)(F)F)CC1. The number of nitrogens with zero attached hydrogens (tertiary/aromatic N) is 3. The summed E-state index contributed by atoms with van der Waals surface area (Å²) in [4.78, 5) is 15.9. The monoisotopic (exact) mass is 490 g/mol. The van der Waals surface area contributed by atoms with Crippen molar-refractivity contribution in [2.24, 2.45) is 0 Å². The standard InChI is InChI=1S/C22H33F3N4O3S/c1-27(18-8-3-2-4-9-18)33(31,32)20-11-6-5-10-19(20)26-21(30)16-28-12-7-13-29(15-14-28)17-22(23,24)25/h5-6,10-11,18H,2-4,7-9,12-17H2,1H3,(H,26,30). The fraction of sp³-hybridized carbons (Fsp3) is 0.682. The normalized spacial score (nSPS) is 20.0. The van der Waals surface area contributed by atoms with Gasteiger partial charge in [0.2, 0.25) is 15.9 Å². The summed E-state index contributed by atoms with van der Waals surface area (Å²) in [6.07, 6.45) is 1.04. The van der Waals surface area contributed by atoms with Crippen molar-refractivity contribution in [2.75, 3.05) is 51.6 Å². The highest BCUT2D eigenvalue weighted by atomic mass is 32.2. The van der Waals surface area contributed by atoms with Gasteiger partial charge in [-0.3, -0.25) is 14.6 Å². The van der Waals surface area contributed by atoms with Gasteiger partial charge in [-0.25, -0.2) is 8.42 Å². The van der Waals surface area contributed by atoms with Crippen molar-refractivity contribution in [3.05, 3.63) is 24.3 Å². The molecular formula is C22H33F3N4O3S. The zero-order valence-corrected chi connectivity index (χ0v) is 19.8. The van der Waals surface area contributed by atoms with E-state index in [1.54, 1.807) is 30.1 Å². The summed E-state index contributed by atoms with van der Waals surface area (Å²) in [6.45, 7) is 0.440. The van der Waals surface area contributed by atoms with Gasteiger partial charge in [0.05, 0.1) is 18.8 Å². The largest absolute Gasteiger partial charge is 0.401 e. The van der Waals surface area contributed by atoms with E-state index in [-0.39, 0.29) is 35.6 Å². The van der Waals surface area contributed by atoms with Gasteiger partial charge < -0.3 is 5.32 Å². The molecule has 186 valence electrons. The summed E-state index contributed by atoms with van der Waals surface area (Å²) in [5.41, 5.74) is 0.221. The number of hydrogen-bond donors (Lipinski definition) is 1. The summed E-state index contributed by atoms with van der Waals surface area (Å²) >= 11 is 0. The average Bonchev–Trinajstić information content (AvgIpc) is 2.97. The van der Waals surface area contributed by atoms with Crippen LogP contribution in [0, 0.1) is 0 Å². The van der Waals surface area contributed by atoms with Crippen molar-refractivity contribution in [1.29, 1.82) is 0 Å². The van der Waals surface area contributed by atoms with Crippen molar-refractivity contribution in [1.82, 2.24) is 14.1 Å². The van der Waals surface area contributed by atoms with Gasteiger partial charge in [-0.2, -0.15) is 17.5 Å². The third-order valence-corrected chi connectivity index (χ3v) is 8.33. The minimum Gasteiger partial charge on any atom is -0.324 e. The molecule has 0 aromatic heterocycles. The summed E-state index contributed by atoms with van der Waals surface area (Å²) in [7, 11) is -2.20. The van der Waals surface area contributed by atoms with Crippen molar-refractivity contribution in [3.8, 4) is 0 Å². The number of nitrogens with one attached hydrogen (secondary N) is 1. The number of alkyl halides is 3. The highest BCUT2D eigenvalue weighted by Crippen LogP contribution is 2.29. The van der Waals surface area contributed by atoms with Crippen molar-refractivity contribution in [2.45, 2.75) is 55.6 Å². The minimum atomic E-state index is -4.24. The molecule has 0 radical (unpaired) electrons. The number of benzene rings is 1. The molecule has 0 spiro atoms. The van der Waals surface area contributed by atoms with Gasteiger partial charge in [0.15, 0.2) is 0 Å². The van der Waals surface area contributed by atoms with Gasteiger partial charge in [0.1, 0.15) is 4.90 Å².